The Balaban J connectivity index is 1.70. The smallest absolute Gasteiger partial charge is 0.250 e. The summed E-state index contributed by atoms with van der Waals surface area (Å²) >= 11 is 2.23. The first-order chi connectivity index (χ1) is 8.55. The van der Waals surface area contributed by atoms with Gasteiger partial charge in [-0.2, -0.15) is 0 Å². The zero-order chi connectivity index (χ0) is 13.0. The second kappa shape index (κ2) is 6.14. The van der Waals surface area contributed by atoms with Crippen LogP contribution in [0.4, 0.5) is 8.78 Å². The van der Waals surface area contributed by atoms with Crippen LogP contribution in [0.2, 0.25) is 0 Å². The molecular formula is C13H16F2INO. The highest BCUT2D eigenvalue weighted by atomic mass is 127. The van der Waals surface area contributed by atoms with Crippen LogP contribution in [0.15, 0.2) is 24.3 Å². The Hall–Kier alpha value is -0.430. The molecule has 1 aliphatic rings. The number of nitrogens with zero attached hydrogens (tertiary/aromatic N) is 1. The molecule has 1 aliphatic heterocycles. The molecule has 5 heteroatoms. The summed E-state index contributed by atoms with van der Waals surface area (Å²) in [6.45, 7) is 2.18. The van der Waals surface area contributed by atoms with E-state index in [0.717, 1.165) is 9.32 Å². The number of likely N-dealkylation sites (tertiary alicyclic amines) is 1. The van der Waals surface area contributed by atoms with E-state index in [0.29, 0.717) is 26.2 Å². The van der Waals surface area contributed by atoms with Gasteiger partial charge < -0.3 is 4.74 Å². The lowest BCUT2D eigenvalue weighted by Gasteiger charge is -2.31. The fourth-order valence-electron chi connectivity index (χ4n) is 1.95. The highest BCUT2D eigenvalue weighted by molar-refractivity contribution is 14.1. The number of halogens is 3. The second-order valence-electron chi connectivity index (χ2n) is 4.50. The normalized spacial score (nSPS) is 19.7. The van der Waals surface area contributed by atoms with Gasteiger partial charge in [0.05, 0.1) is 0 Å². The van der Waals surface area contributed by atoms with Gasteiger partial charge in [0.1, 0.15) is 12.4 Å². The molecular weight excluding hydrogens is 351 g/mol. The third-order valence-electron chi connectivity index (χ3n) is 3.06. The molecule has 1 heterocycles. The molecule has 2 nitrogen and oxygen atoms in total. The molecule has 1 saturated heterocycles. The first kappa shape index (κ1) is 14.0. The van der Waals surface area contributed by atoms with Crippen molar-refractivity contribution in [3.05, 3.63) is 27.8 Å². The van der Waals surface area contributed by atoms with E-state index in [1.165, 1.54) is 0 Å². The van der Waals surface area contributed by atoms with Gasteiger partial charge in [-0.25, -0.2) is 8.78 Å². The SMILES string of the molecule is FC1(F)CCN(CCOc2cccc(I)c2)CC1. The van der Waals surface area contributed by atoms with Gasteiger partial charge in [0.25, 0.3) is 5.92 Å². The molecule has 0 atom stereocenters. The van der Waals surface area contributed by atoms with Crippen LogP contribution >= 0.6 is 22.6 Å². The van der Waals surface area contributed by atoms with E-state index in [-0.39, 0.29) is 12.8 Å². The number of rotatable bonds is 4. The third-order valence-corrected chi connectivity index (χ3v) is 3.73. The Kier molecular flexibility index (Phi) is 4.77. The molecule has 0 N–H and O–H groups in total. The van der Waals surface area contributed by atoms with Crippen LogP contribution < -0.4 is 4.74 Å². The van der Waals surface area contributed by atoms with Gasteiger partial charge in [-0.3, -0.25) is 4.90 Å². The molecule has 1 aromatic carbocycles. The molecule has 0 aromatic heterocycles. The Morgan fingerprint density at radius 1 is 1.28 bits per heavy atom. The van der Waals surface area contributed by atoms with Crippen molar-refractivity contribution in [2.75, 3.05) is 26.2 Å². The standard InChI is InChI=1S/C13H16F2INO/c14-13(15)4-6-17(7-5-13)8-9-18-12-3-1-2-11(16)10-12/h1-3,10H,4-9H2. The van der Waals surface area contributed by atoms with Gasteiger partial charge in [-0.15, -0.1) is 0 Å². The summed E-state index contributed by atoms with van der Waals surface area (Å²) < 4.78 is 32.6. The summed E-state index contributed by atoms with van der Waals surface area (Å²) in [4.78, 5) is 2.03. The maximum atomic E-state index is 13.0. The van der Waals surface area contributed by atoms with Crippen LogP contribution in [0.3, 0.4) is 0 Å². The lowest BCUT2D eigenvalue weighted by molar-refractivity contribution is -0.0564. The predicted octanol–water partition coefficient (Wildman–Crippen LogP) is 3.40. The van der Waals surface area contributed by atoms with E-state index in [4.69, 9.17) is 4.74 Å². The topological polar surface area (TPSA) is 12.5 Å². The van der Waals surface area contributed by atoms with Crippen molar-refractivity contribution in [2.24, 2.45) is 0 Å². The van der Waals surface area contributed by atoms with E-state index in [1.54, 1.807) is 0 Å². The maximum Gasteiger partial charge on any atom is 0.250 e. The summed E-state index contributed by atoms with van der Waals surface area (Å²) in [5, 5.41) is 0. The first-order valence-corrected chi connectivity index (χ1v) is 7.12. The average Bonchev–Trinajstić information content (AvgIpc) is 2.31. The summed E-state index contributed by atoms with van der Waals surface area (Å²) in [5.74, 6) is -1.63. The zero-order valence-electron chi connectivity index (χ0n) is 10.0. The molecule has 0 unspecified atom stereocenters. The predicted molar refractivity (Wildman–Crippen MR) is 75.3 cm³/mol. The minimum absolute atomic E-state index is 0.0315. The number of piperidine rings is 1. The van der Waals surface area contributed by atoms with E-state index >= 15 is 0 Å². The number of hydrogen-bond donors (Lipinski definition) is 0. The Morgan fingerprint density at radius 2 is 2.00 bits per heavy atom. The molecule has 100 valence electrons. The largest absolute Gasteiger partial charge is 0.492 e. The third kappa shape index (κ3) is 4.35. The fourth-order valence-corrected chi connectivity index (χ4v) is 2.47. The fraction of sp³-hybridized carbons (Fsp3) is 0.538. The van der Waals surface area contributed by atoms with Gasteiger partial charge in [-0.05, 0) is 40.8 Å². The highest BCUT2D eigenvalue weighted by Crippen LogP contribution is 2.27. The second-order valence-corrected chi connectivity index (χ2v) is 5.75. The molecule has 2 rings (SSSR count). The van der Waals surface area contributed by atoms with Crippen molar-refractivity contribution < 1.29 is 13.5 Å². The van der Waals surface area contributed by atoms with Crippen LogP contribution in [0.25, 0.3) is 0 Å². The molecule has 0 bridgehead atoms. The van der Waals surface area contributed by atoms with Crippen LogP contribution in [0.1, 0.15) is 12.8 Å². The van der Waals surface area contributed by atoms with Crippen molar-refractivity contribution in [3.63, 3.8) is 0 Å². The van der Waals surface area contributed by atoms with E-state index in [2.05, 4.69) is 22.6 Å². The van der Waals surface area contributed by atoms with E-state index in [1.807, 2.05) is 29.2 Å². The summed E-state index contributed by atoms with van der Waals surface area (Å²) in [6, 6.07) is 7.82. The summed E-state index contributed by atoms with van der Waals surface area (Å²) in [7, 11) is 0. The average molecular weight is 367 g/mol. The molecule has 0 aliphatic carbocycles. The lowest BCUT2D eigenvalue weighted by Crippen LogP contribution is -2.41. The number of benzene rings is 1. The maximum absolute atomic E-state index is 13.0. The quantitative estimate of drug-likeness (QED) is 0.757. The van der Waals surface area contributed by atoms with Crippen molar-refractivity contribution in [1.82, 2.24) is 4.90 Å². The lowest BCUT2D eigenvalue weighted by atomic mass is 10.1. The van der Waals surface area contributed by atoms with E-state index in [9.17, 15) is 8.78 Å². The summed E-state index contributed by atoms with van der Waals surface area (Å²) in [5.41, 5.74) is 0. The van der Waals surface area contributed by atoms with Gasteiger partial charge in [0.2, 0.25) is 0 Å². The van der Waals surface area contributed by atoms with Crippen molar-refractivity contribution in [3.8, 4) is 5.75 Å². The van der Waals surface area contributed by atoms with Gasteiger partial charge in [0, 0.05) is 36.0 Å². The minimum Gasteiger partial charge on any atom is -0.492 e. The van der Waals surface area contributed by atoms with Crippen LogP contribution in [0.5, 0.6) is 5.75 Å². The zero-order valence-corrected chi connectivity index (χ0v) is 12.2. The van der Waals surface area contributed by atoms with Gasteiger partial charge in [-0.1, -0.05) is 6.07 Å². The van der Waals surface area contributed by atoms with Crippen molar-refractivity contribution >= 4 is 22.6 Å². The van der Waals surface area contributed by atoms with Gasteiger partial charge in [0.15, 0.2) is 0 Å². The van der Waals surface area contributed by atoms with Crippen LogP contribution in [-0.2, 0) is 0 Å². The summed E-state index contributed by atoms with van der Waals surface area (Å²) in [6.07, 6.45) is -0.0630. The molecule has 1 aromatic rings. The Bertz CT molecular complexity index is 390. The number of ether oxygens (including phenoxy) is 1. The number of alkyl halides is 2. The monoisotopic (exact) mass is 367 g/mol. The molecule has 0 radical (unpaired) electrons. The molecule has 18 heavy (non-hydrogen) atoms. The van der Waals surface area contributed by atoms with Gasteiger partial charge >= 0.3 is 0 Å². The Labute approximate surface area is 119 Å². The molecule has 0 amide bonds. The van der Waals surface area contributed by atoms with E-state index < -0.39 is 5.92 Å². The van der Waals surface area contributed by atoms with Crippen LogP contribution in [-0.4, -0.2) is 37.1 Å². The molecule has 0 saturated carbocycles. The van der Waals surface area contributed by atoms with Crippen LogP contribution in [0, 0.1) is 3.57 Å². The van der Waals surface area contributed by atoms with Crippen molar-refractivity contribution in [1.29, 1.82) is 0 Å². The minimum atomic E-state index is -2.47. The molecule has 0 spiro atoms. The Morgan fingerprint density at radius 3 is 2.67 bits per heavy atom. The number of hydrogen-bond acceptors (Lipinski definition) is 2. The first-order valence-electron chi connectivity index (χ1n) is 6.04. The van der Waals surface area contributed by atoms with Crippen molar-refractivity contribution in [2.45, 2.75) is 18.8 Å². The highest BCUT2D eigenvalue weighted by Gasteiger charge is 2.33. The molecule has 1 fully saturated rings.